The van der Waals surface area contributed by atoms with Gasteiger partial charge in [0, 0.05) is 12.3 Å². The molecule has 0 radical (unpaired) electrons. The summed E-state index contributed by atoms with van der Waals surface area (Å²) in [6.45, 7) is 3.15. The van der Waals surface area contributed by atoms with E-state index < -0.39 is 9.84 Å². The maximum atomic E-state index is 11.2. The average molecular weight is 261 g/mol. The van der Waals surface area contributed by atoms with Crippen LogP contribution in [0.1, 0.15) is 51.9 Å². The molecule has 1 saturated carbocycles. The van der Waals surface area contributed by atoms with Crippen molar-refractivity contribution in [3.63, 3.8) is 0 Å². The van der Waals surface area contributed by atoms with Gasteiger partial charge in [0.2, 0.25) is 0 Å². The highest BCUT2D eigenvalue weighted by Crippen LogP contribution is 2.29. The second kappa shape index (κ2) is 7.37. The fourth-order valence-electron chi connectivity index (χ4n) is 2.66. The van der Waals surface area contributed by atoms with Crippen LogP contribution in [0, 0.1) is 5.92 Å². The van der Waals surface area contributed by atoms with Gasteiger partial charge in [0.1, 0.15) is 9.84 Å². The lowest BCUT2D eigenvalue weighted by Crippen LogP contribution is -2.33. The first-order valence-electron chi connectivity index (χ1n) is 6.92. The van der Waals surface area contributed by atoms with E-state index in [9.17, 15) is 8.42 Å². The van der Waals surface area contributed by atoms with Crippen LogP contribution in [-0.2, 0) is 9.84 Å². The number of hydrogen-bond donors (Lipinski definition) is 1. The number of hydrogen-bond acceptors (Lipinski definition) is 3. The highest BCUT2D eigenvalue weighted by molar-refractivity contribution is 7.90. The summed E-state index contributed by atoms with van der Waals surface area (Å²) in [5.74, 6) is 1.14. The van der Waals surface area contributed by atoms with Crippen LogP contribution in [0.25, 0.3) is 0 Å². The lowest BCUT2D eigenvalue weighted by Gasteiger charge is -2.21. The fourth-order valence-corrected chi connectivity index (χ4v) is 3.37. The predicted octanol–water partition coefficient (Wildman–Crippen LogP) is 2.37. The Bertz CT molecular complexity index is 295. The van der Waals surface area contributed by atoms with Gasteiger partial charge >= 0.3 is 0 Å². The van der Waals surface area contributed by atoms with Crippen molar-refractivity contribution >= 4 is 9.84 Å². The molecular weight excluding hydrogens is 234 g/mol. The van der Waals surface area contributed by atoms with Crippen LogP contribution in [0.2, 0.25) is 0 Å². The van der Waals surface area contributed by atoms with Crippen LogP contribution in [0.4, 0.5) is 0 Å². The predicted molar refractivity (Wildman–Crippen MR) is 73.0 cm³/mol. The van der Waals surface area contributed by atoms with Gasteiger partial charge in [0.15, 0.2) is 0 Å². The summed E-state index contributed by atoms with van der Waals surface area (Å²) in [4.78, 5) is 0. The third kappa shape index (κ3) is 7.04. The molecule has 0 heterocycles. The van der Waals surface area contributed by atoms with Gasteiger partial charge in [-0.1, -0.05) is 32.6 Å². The molecule has 1 aliphatic rings. The van der Waals surface area contributed by atoms with E-state index in [0.29, 0.717) is 11.8 Å². The highest BCUT2D eigenvalue weighted by Gasteiger charge is 2.20. The Morgan fingerprint density at radius 1 is 1.29 bits per heavy atom. The van der Waals surface area contributed by atoms with E-state index in [1.54, 1.807) is 0 Å². The molecule has 0 aromatic rings. The van der Waals surface area contributed by atoms with Crippen molar-refractivity contribution in [1.29, 1.82) is 0 Å². The van der Waals surface area contributed by atoms with Gasteiger partial charge in [0.25, 0.3) is 0 Å². The Hall–Kier alpha value is -0.0900. The molecule has 1 rings (SSSR count). The average Bonchev–Trinajstić information content (AvgIpc) is 2.73. The van der Waals surface area contributed by atoms with Crippen molar-refractivity contribution in [3.8, 4) is 0 Å². The summed E-state index contributed by atoms with van der Waals surface area (Å²) in [5, 5.41) is 3.50. The van der Waals surface area contributed by atoms with Gasteiger partial charge in [-0.2, -0.15) is 0 Å². The Morgan fingerprint density at radius 3 is 2.47 bits per heavy atom. The maximum absolute atomic E-state index is 11.2. The minimum Gasteiger partial charge on any atom is -0.314 e. The van der Waals surface area contributed by atoms with Gasteiger partial charge in [0.05, 0.1) is 5.75 Å². The van der Waals surface area contributed by atoms with Crippen molar-refractivity contribution in [3.05, 3.63) is 0 Å². The smallest absolute Gasteiger partial charge is 0.147 e. The van der Waals surface area contributed by atoms with Crippen LogP contribution >= 0.6 is 0 Å². The van der Waals surface area contributed by atoms with Crippen molar-refractivity contribution in [1.82, 2.24) is 5.32 Å². The first-order valence-corrected chi connectivity index (χ1v) is 8.98. The summed E-state index contributed by atoms with van der Waals surface area (Å²) in [6.07, 6.45) is 9.77. The van der Waals surface area contributed by atoms with Crippen molar-refractivity contribution in [2.75, 3.05) is 18.6 Å². The zero-order valence-electron chi connectivity index (χ0n) is 11.2. The molecular formula is C13H27NO2S. The third-order valence-corrected chi connectivity index (χ3v) is 4.59. The minimum atomic E-state index is -2.82. The van der Waals surface area contributed by atoms with E-state index in [0.717, 1.165) is 31.7 Å². The van der Waals surface area contributed by atoms with Crippen LogP contribution in [0.3, 0.4) is 0 Å². The van der Waals surface area contributed by atoms with Crippen LogP contribution in [0.15, 0.2) is 0 Å². The molecule has 1 fully saturated rings. The normalized spacial score (nSPS) is 19.6. The Morgan fingerprint density at radius 2 is 1.94 bits per heavy atom. The Labute approximate surface area is 106 Å². The summed E-state index contributed by atoms with van der Waals surface area (Å²) >= 11 is 0. The molecule has 1 N–H and O–H groups in total. The van der Waals surface area contributed by atoms with Gasteiger partial charge in [-0.15, -0.1) is 0 Å². The van der Waals surface area contributed by atoms with E-state index in [1.165, 1.54) is 31.9 Å². The second-order valence-corrected chi connectivity index (χ2v) is 7.72. The molecule has 0 aromatic carbocycles. The van der Waals surface area contributed by atoms with E-state index in [4.69, 9.17) is 0 Å². The van der Waals surface area contributed by atoms with E-state index in [1.807, 2.05) is 0 Å². The molecule has 0 amide bonds. The topological polar surface area (TPSA) is 46.2 Å². The minimum absolute atomic E-state index is 0.321. The first-order chi connectivity index (χ1) is 8.01. The summed E-state index contributed by atoms with van der Waals surface area (Å²) < 4.78 is 22.4. The van der Waals surface area contributed by atoms with E-state index in [2.05, 4.69) is 12.2 Å². The van der Waals surface area contributed by atoms with E-state index in [-0.39, 0.29) is 0 Å². The molecule has 0 aliphatic heterocycles. The SMILES string of the molecule is CCCNC(CCS(C)(=O)=O)CC1CCCC1. The van der Waals surface area contributed by atoms with Crippen molar-refractivity contribution in [2.24, 2.45) is 5.92 Å². The molecule has 0 spiro atoms. The van der Waals surface area contributed by atoms with Gasteiger partial charge in [-0.3, -0.25) is 0 Å². The quantitative estimate of drug-likeness (QED) is 0.729. The summed E-state index contributed by atoms with van der Waals surface area (Å²) in [5.41, 5.74) is 0. The fraction of sp³-hybridized carbons (Fsp3) is 1.00. The molecule has 102 valence electrons. The molecule has 1 aliphatic carbocycles. The Kier molecular flexibility index (Phi) is 6.49. The molecule has 3 nitrogen and oxygen atoms in total. The number of sulfone groups is 1. The van der Waals surface area contributed by atoms with Crippen molar-refractivity contribution in [2.45, 2.75) is 57.9 Å². The van der Waals surface area contributed by atoms with Gasteiger partial charge in [-0.05, 0) is 31.7 Å². The van der Waals surface area contributed by atoms with Crippen molar-refractivity contribution < 1.29 is 8.42 Å². The summed E-state index contributed by atoms with van der Waals surface area (Å²) in [7, 11) is -2.82. The monoisotopic (exact) mass is 261 g/mol. The van der Waals surface area contributed by atoms with Crippen LogP contribution < -0.4 is 5.32 Å². The molecule has 17 heavy (non-hydrogen) atoms. The first kappa shape index (κ1) is 15.0. The zero-order chi connectivity index (χ0) is 12.7. The molecule has 4 heteroatoms. The maximum Gasteiger partial charge on any atom is 0.147 e. The third-order valence-electron chi connectivity index (χ3n) is 3.61. The zero-order valence-corrected chi connectivity index (χ0v) is 12.1. The highest BCUT2D eigenvalue weighted by atomic mass is 32.2. The van der Waals surface area contributed by atoms with Crippen LogP contribution in [0.5, 0.6) is 0 Å². The molecule has 0 aromatic heterocycles. The molecule has 0 saturated heterocycles. The van der Waals surface area contributed by atoms with Crippen LogP contribution in [-0.4, -0.2) is 33.0 Å². The molecule has 1 atom stereocenters. The molecule has 1 unspecified atom stereocenters. The standard InChI is InChI=1S/C13H27NO2S/c1-3-9-14-13(8-10-17(2,15)16)11-12-6-4-5-7-12/h12-14H,3-11H2,1-2H3. The van der Waals surface area contributed by atoms with Gasteiger partial charge in [-0.25, -0.2) is 8.42 Å². The lowest BCUT2D eigenvalue weighted by molar-refractivity contribution is 0.379. The second-order valence-electron chi connectivity index (χ2n) is 5.46. The summed E-state index contributed by atoms with van der Waals surface area (Å²) in [6, 6.07) is 0.396. The number of rotatable bonds is 8. The van der Waals surface area contributed by atoms with Gasteiger partial charge < -0.3 is 5.32 Å². The largest absolute Gasteiger partial charge is 0.314 e. The lowest BCUT2D eigenvalue weighted by atomic mass is 9.97. The molecule has 0 bridgehead atoms. The Balaban J connectivity index is 2.35. The van der Waals surface area contributed by atoms with E-state index >= 15 is 0 Å². The number of nitrogens with one attached hydrogen (secondary N) is 1.